The number of carbonyl (C=O) groups is 1. The Hall–Kier alpha value is -2.72. The summed E-state index contributed by atoms with van der Waals surface area (Å²) in [7, 11) is -2.22. The van der Waals surface area contributed by atoms with E-state index < -0.39 is 10.3 Å². The van der Waals surface area contributed by atoms with Crippen LogP contribution in [0.2, 0.25) is 0 Å². The largest absolute Gasteiger partial charge is 0.488 e. The van der Waals surface area contributed by atoms with E-state index in [1.165, 1.54) is 0 Å². The molecule has 0 saturated heterocycles. The molecule has 0 aliphatic carbocycles. The SMILES string of the molecule is CCCC(=O)OS(c1ccccc1)(c1ccccc1)c1ccc(OC(C)(C)C)cc1. The standard InChI is InChI=1S/C26H30O3S/c1-5-12-25(27)29-30(22-13-8-6-9-14-22,23-15-10-7-11-16-23)24-19-17-21(18-20-24)28-26(2,3)4/h6-11,13-20H,5,12H2,1-4H3. The predicted molar refractivity (Wildman–Crippen MR) is 123 cm³/mol. The third kappa shape index (κ3) is 5.06. The Kier molecular flexibility index (Phi) is 6.88. The highest BCUT2D eigenvalue weighted by Gasteiger charge is 2.35. The highest BCUT2D eigenvalue weighted by Crippen LogP contribution is 2.69. The summed E-state index contributed by atoms with van der Waals surface area (Å²) >= 11 is 0. The van der Waals surface area contributed by atoms with Crippen LogP contribution in [0.1, 0.15) is 40.5 Å². The normalized spacial score (nSPS) is 12.3. The van der Waals surface area contributed by atoms with E-state index in [9.17, 15) is 4.79 Å². The smallest absolute Gasteiger partial charge is 0.317 e. The number of hydrogen-bond donors (Lipinski definition) is 0. The van der Waals surface area contributed by atoms with Gasteiger partial charge in [0.1, 0.15) is 11.4 Å². The van der Waals surface area contributed by atoms with Gasteiger partial charge >= 0.3 is 5.97 Å². The van der Waals surface area contributed by atoms with Gasteiger partial charge in [-0.1, -0.05) is 43.3 Å². The molecule has 0 saturated carbocycles. The lowest BCUT2D eigenvalue weighted by Crippen LogP contribution is -2.22. The van der Waals surface area contributed by atoms with E-state index in [1.54, 1.807) is 0 Å². The van der Waals surface area contributed by atoms with Gasteiger partial charge in [0.2, 0.25) is 0 Å². The minimum atomic E-state index is -2.22. The average molecular weight is 423 g/mol. The summed E-state index contributed by atoms with van der Waals surface area (Å²) in [5.74, 6) is 0.607. The van der Waals surface area contributed by atoms with Crippen LogP contribution in [-0.4, -0.2) is 11.6 Å². The lowest BCUT2D eigenvalue weighted by atomic mass is 10.2. The minimum absolute atomic E-state index is 0.185. The lowest BCUT2D eigenvalue weighted by Gasteiger charge is -2.40. The molecule has 0 amide bonds. The van der Waals surface area contributed by atoms with Gasteiger partial charge in [-0.05, 0) is 86.0 Å². The maximum Gasteiger partial charge on any atom is 0.317 e. The number of benzene rings is 3. The van der Waals surface area contributed by atoms with Crippen LogP contribution in [0.3, 0.4) is 0 Å². The van der Waals surface area contributed by atoms with Gasteiger partial charge in [0, 0.05) is 21.1 Å². The molecule has 30 heavy (non-hydrogen) atoms. The van der Waals surface area contributed by atoms with Crippen molar-refractivity contribution < 1.29 is 13.7 Å². The number of carbonyl (C=O) groups excluding carboxylic acids is 1. The van der Waals surface area contributed by atoms with Crippen LogP contribution in [0.5, 0.6) is 5.75 Å². The summed E-state index contributed by atoms with van der Waals surface area (Å²) < 4.78 is 12.4. The molecule has 3 aromatic rings. The van der Waals surface area contributed by atoms with E-state index in [-0.39, 0.29) is 11.6 Å². The van der Waals surface area contributed by atoms with Gasteiger partial charge < -0.3 is 8.92 Å². The van der Waals surface area contributed by atoms with Crippen LogP contribution in [0.4, 0.5) is 0 Å². The van der Waals surface area contributed by atoms with Crippen molar-refractivity contribution in [2.24, 2.45) is 0 Å². The van der Waals surface area contributed by atoms with Gasteiger partial charge in [0.25, 0.3) is 0 Å². The zero-order chi connectivity index (χ0) is 21.6. The van der Waals surface area contributed by atoms with Crippen LogP contribution in [0, 0.1) is 0 Å². The second-order valence-electron chi connectivity index (χ2n) is 8.07. The third-order valence-electron chi connectivity index (χ3n) is 4.40. The second-order valence-corrected chi connectivity index (χ2v) is 10.8. The molecule has 0 heterocycles. The zero-order valence-electron chi connectivity index (χ0n) is 18.1. The molecular weight excluding hydrogens is 392 g/mol. The van der Waals surface area contributed by atoms with Crippen molar-refractivity contribution in [2.75, 3.05) is 0 Å². The first-order valence-electron chi connectivity index (χ1n) is 10.3. The third-order valence-corrected chi connectivity index (χ3v) is 7.65. The quantitative estimate of drug-likeness (QED) is 0.398. The Morgan fingerprint density at radius 3 is 1.67 bits per heavy atom. The molecule has 0 aliphatic heterocycles. The summed E-state index contributed by atoms with van der Waals surface area (Å²) in [5.41, 5.74) is -0.280. The molecule has 3 nitrogen and oxygen atoms in total. The molecule has 0 N–H and O–H groups in total. The molecule has 0 spiro atoms. The summed E-state index contributed by atoms with van der Waals surface area (Å²) in [6.07, 6.45) is 1.13. The van der Waals surface area contributed by atoms with E-state index in [4.69, 9.17) is 8.92 Å². The summed E-state index contributed by atoms with van der Waals surface area (Å²) in [4.78, 5) is 15.8. The highest BCUT2D eigenvalue weighted by atomic mass is 32.3. The van der Waals surface area contributed by atoms with E-state index in [0.717, 1.165) is 26.9 Å². The lowest BCUT2D eigenvalue weighted by molar-refractivity contribution is -0.133. The molecular formula is C26H30O3S. The molecule has 0 unspecified atom stereocenters. The maximum atomic E-state index is 12.8. The zero-order valence-corrected chi connectivity index (χ0v) is 18.9. The van der Waals surface area contributed by atoms with Gasteiger partial charge in [-0.25, -0.2) is 0 Å². The minimum Gasteiger partial charge on any atom is -0.488 e. The van der Waals surface area contributed by atoms with E-state index in [2.05, 4.69) is 0 Å². The first kappa shape index (κ1) is 22.0. The van der Waals surface area contributed by atoms with Crippen LogP contribution < -0.4 is 4.74 Å². The van der Waals surface area contributed by atoms with Crippen molar-refractivity contribution >= 4 is 16.3 Å². The maximum absolute atomic E-state index is 12.8. The van der Waals surface area contributed by atoms with Crippen LogP contribution in [0.25, 0.3) is 0 Å². The van der Waals surface area contributed by atoms with Crippen molar-refractivity contribution in [1.82, 2.24) is 0 Å². The van der Waals surface area contributed by atoms with E-state index in [0.29, 0.717) is 6.42 Å². The van der Waals surface area contributed by atoms with Crippen molar-refractivity contribution in [3.8, 4) is 5.75 Å². The van der Waals surface area contributed by atoms with Gasteiger partial charge in [-0.3, -0.25) is 4.79 Å². The van der Waals surface area contributed by atoms with Crippen LogP contribution in [0.15, 0.2) is 99.6 Å². The number of ether oxygens (including phenoxy) is 1. The fourth-order valence-corrected chi connectivity index (χ4v) is 6.28. The van der Waals surface area contributed by atoms with Crippen molar-refractivity contribution in [1.29, 1.82) is 0 Å². The highest BCUT2D eigenvalue weighted by molar-refractivity contribution is 8.30. The molecule has 0 bridgehead atoms. The first-order valence-corrected chi connectivity index (χ1v) is 11.9. The monoisotopic (exact) mass is 422 g/mol. The fourth-order valence-electron chi connectivity index (χ4n) is 3.21. The second kappa shape index (κ2) is 9.40. The molecule has 3 aromatic carbocycles. The fraction of sp³-hybridized carbons (Fsp3) is 0.269. The Morgan fingerprint density at radius 1 is 0.767 bits per heavy atom. The van der Waals surface area contributed by atoms with Gasteiger partial charge in [-0.2, -0.15) is 0 Å². The molecule has 0 fully saturated rings. The summed E-state index contributed by atoms with van der Waals surface area (Å²) in [6, 6.07) is 28.1. The first-order chi connectivity index (χ1) is 14.3. The molecule has 3 rings (SSSR count). The van der Waals surface area contributed by atoms with Gasteiger partial charge in [0.05, 0.1) is 0 Å². The molecule has 0 aliphatic rings. The molecule has 0 aromatic heterocycles. The van der Waals surface area contributed by atoms with Crippen molar-refractivity contribution in [2.45, 2.75) is 60.8 Å². The summed E-state index contributed by atoms with van der Waals surface area (Å²) in [5, 5.41) is 0. The van der Waals surface area contributed by atoms with Crippen LogP contribution in [-0.2, 0) is 8.98 Å². The van der Waals surface area contributed by atoms with E-state index >= 15 is 0 Å². The Balaban J connectivity index is 2.18. The topological polar surface area (TPSA) is 35.5 Å². The Morgan fingerprint density at radius 2 is 1.23 bits per heavy atom. The Labute approximate surface area is 181 Å². The predicted octanol–water partition coefficient (Wildman–Crippen LogP) is 7.40. The Bertz CT molecular complexity index is 906. The molecule has 4 heteroatoms. The van der Waals surface area contributed by atoms with Gasteiger partial charge in [0.15, 0.2) is 0 Å². The van der Waals surface area contributed by atoms with Gasteiger partial charge in [-0.15, -0.1) is 0 Å². The molecule has 158 valence electrons. The molecule has 0 atom stereocenters. The number of hydrogen-bond acceptors (Lipinski definition) is 3. The summed E-state index contributed by atoms with van der Waals surface area (Å²) in [6.45, 7) is 8.06. The molecule has 0 radical (unpaired) electrons. The van der Waals surface area contributed by atoms with Crippen LogP contribution >= 0.6 is 10.3 Å². The van der Waals surface area contributed by atoms with Crippen molar-refractivity contribution in [3.05, 3.63) is 84.9 Å². The average Bonchev–Trinajstić information content (AvgIpc) is 2.73. The number of rotatable bonds is 7. The van der Waals surface area contributed by atoms with Crippen molar-refractivity contribution in [3.63, 3.8) is 0 Å². The van der Waals surface area contributed by atoms with E-state index in [1.807, 2.05) is 113 Å².